The third-order valence-electron chi connectivity index (χ3n) is 2.94. The lowest BCUT2D eigenvalue weighted by Gasteiger charge is -2.30. The topological polar surface area (TPSA) is 45.6 Å². The predicted octanol–water partition coefficient (Wildman–Crippen LogP) is 2.07. The zero-order chi connectivity index (χ0) is 13.5. The van der Waals surface area contributed by atoms with Crippen LogP contribution in [0.15, 0.2) is 18.3 Å². The van der Waals surface area contributed by atoms with Crippen molar-refractivity contribution in [1.82, 2.24) is 9.88 Å². The third kappa shape index (κ3) is 4.27. The van der Waals surface area contributed by atoms with Crippen LogP contribution < -0.4 is 4.74 Å². The summed E-state index contributed by atoms with van der Waals surface area (Å²) in [6.07, 6.45) is 1.68. The van der Waals surface area contributed by atoms with Crippen molar-refractivity contribution in [3.05, 3.63) is 23.9 Å². The molecule has 1 rings (SSSR count). The predicted molar refractivity (Wildman–Crippen MR) is 72.6 cm³/mol. The number of aliphatic hydroxyl groups excluding tert-OH is 1. The molecule has 18 heavy (non-hydrogen) atoms. The number of aromatic nitrogens is 1. The minimum atomic E-state index is -0.0404. The molecule has 1 aromatic heterocycles. The summed E-state index contributed by atoms with van der Waals surface area (Å²) in [5, 5.41) is 9.17. The Morgan fingerprint density at radius 3 is 2.50 bits per heavy atom. The Morgan fingerprint density at radius 2 is 1.94 bits per heavy atom. The summed E-state index contributed by atoms with van der Waals surface area (Å²) >= 11 is 0. The molecule has 0 saturated heterocycles. The molecule has 0 amide bonds. The number of hydrogen-bond acceptors (Lipinski definition) is 4. The first-order valence-electron chi connectivity index (χ1n) is 6.49. The van der Waals surface area contributed by atoms with Gasteiger partial charge in [-0.15, -0.1) is 0 Å². The van der Waals surface area contributed by atoms with Crippen LogP contribution in [0.4, 0.5) is 0 Å². The van der Waals surface area contributed by atoms with Crippen molar-refractivity contribution in [2.24, 2.45) is 0 Å². The first kappa shape index (κ1) is 14.9. The fourth-order valence-electron chi connectivity index (χ4n) is 2.03. The standard InChI is InChI=1S/C14H24N2O2/c1-11(2)16(12(3)4)8-9-18-14-13(10-17)6-5-7-15-14/h5-7,11-12,17H,8-10H2,1-4H3. The summed E-state index contributed by atoms with van der Waals surface area (Å²) in [6, 6.07) is 4.61. The van der Waals surface area contributed by atoms with Gasteiger partial charge in [0.05, 0.1) is 6.61 Å². The molecule has 0 fully saturated rings. The molecule has 102 valence electrons. The Hall–Kier alpha value is -1.13. The summed E-state index contributed by atoms with van der Waals surface area (Å²) in [6.45, 7) is 10.1. The van der Waals surface area contributed by atoms with Gasteiger partial charge in [0.1, 0.15) is 6.61 Å². The summed E-state index contributed by atoms with van der Waals surface area (Å²) < 4.78 is 5.65. The van der Waals surface area contributed by atoms with Crippen molar-refractivity contribution in [3.8, 4) is 5.88 Å². The van der Waals surface area contributed by atoms with E-state index in [2.05, 4.69) is 37.6 Å². The Labute approximate surface area is 110 Å². The average molecular weight is 252 g/mol. The summed E-state index contributed by atoms with van der Waals surface area (Å²) in [4.78, 5) is 6.50. The van der Waals surface area contributed by atoms with E-state index in [1.807, 2.05) is 6.07 Å². The molecular weight excluding hydrogens is 228 g/mol. The second-order valence-electron chi connectivity index (χ2n) is 4.90. The molecule has 0 aromatic carbocycles. The summed E-state index contributed by atoms with van der Waals surface area (Å²) in [5.74, 6) is 0.535. The fraction of sp³-hybridized carbons (Fsp3) is 0.643. The van der Waals surface area contributed by atoms with Gasteiger partial charge in [-0.1, -0.05) is 0 Å². The van der Waals surface area contributed by atoms with Gasteiger partial charge in [0.15, 0.2) is 0 Å². The lowest BCUT2D eigenvalue weighted by molar-refractivity contribution is 0.138. The fourth-order valence-corrected chi connectivity index (χ4v) is 2.03. The van der Waals surface area contributed by atoms with E-state index >= 15 is 0 Å². The molecule has 0 aliphatic rings. The van der Waals surface area contributed by atoms with Gasteiger partial charge in [-0.3, -0.25) is 4.90 Å². The molecule has 1 aromatic rings. The summed E-state index contributed by atoms with van der Waals surface area (Å²) in [5.41, 5.74) is 0.734. The maximum absolute atomic E-state index is 9.17. The lowest BCUT2D eigenvalue weighted by Crippen LogP contribution is -2.39. The number of hydrogen-bond donors (Lipinski definition) is 1. The van der Waals surface area contributed by atoms with Crippen LogP contribution in [0.5, 0.6) is 5.88 Å². The van der Waals surface area contributed by atoms with Gasteiger partial charge in [0, 0.05) is 30.4 Å². The molecule has 0 radical (unpaired) electrons. The van der Waals surface area contributed by atoms with Crippen molar-refractivity contribution in [2.45, 2.75) is 46.4 Å². The number of ether oxygens (including phenoxy) is 1. The highest BCUT2D eigenvalue weighted by Gasteiger charge is 2.13. The van der Waals surface area contributed by atoms with Crippen LogP contribution in [0, 0.1) is 0 Å². The number of aliphatic hydroxyl groups is 1. The number of rotatable bonds is 7. The molecule has 0 spiro atoms. The second kappa shape index (κ2) is 7.34. The van der Waals surface area contributed by atoms with Crippen molar-refractivity contribution in [1.29, 1.82) is 0 Å². The van der Waals surface area contributed by atoms with E-state index in [-0.39, 0.29) is 6.61 Å². The minimum Gasteiger partial charge on any atom is -0.476 e. The van der Waals surface area contributed by atoms with E-state index in [9.17, 15) is 5.11 Å². The van der Waals surface area contributed by atoms with Crippen LogP contribution in [0.2, 0.25) is 0 Å². The monoisotopic (exact) mass is 252 g/mol. The smallest absolute Gasteiger partial charge is 0.218 e. The Bertz CT molecular complexity index is 345. The van der Waals surface area contributed by atoms with Gasteiger partial charge in [-0.05, 0) is 39.8 Å². The molecule has 1 heterocycles. The zero-order valence-corrected chi connectivity index (χ0v) is 11.8. The van der Waals surface area contributed by atoms with Gasteiger partial charge in [-0.25, -0.2) is 4.98 Å². The van der Waals surface area contributed by atoms with E-state index in [4.69, 9.17) is 4.74 Å². The van der Waals surface area contributed by atoms with Crippen molar-refractivity contribution in [3.63, 3.8) is 0 Å². The van der Waals surface area contributed by atoms with Gasteiger partial charge < -0.3 is 9.84 Å². The maximum atomic E-state index is 9.17. The molecule has 0 aliphatic carbocycles. The minimum absolute atomic E-state index is 0.0404. The number of pyridine rings is 1. The van der Waals surface area contributed by atoms with Crippen molar-refractivity contribution < 1.29 is 9.84 Å². The van der Waals surface area contributed by atoms with Gasteiger partial charge in [-0.2, -0.15) is 0 Å². The normalized spacial score (nSPS) is 11.6. The highest BCUT2D eigenvalue weighted by molar-refractivity contribution is 5.24. The SMILES string of the molecule is CC(C)N(CCOc1ncccc1CO)C(C)C. The Morgan fingerprint density at radius 1 is 1.28 bits per heavy atom. The first-order chi connectivity index (χ1) is 8.56. The summed E-state index contributed by atoms with van der Waals surface area (Å²) in [7, 11) is 0. The molecule has 4 heteroatoms. The molecule has 4 nitrogen and oxygen atoms in total. The average Bonchev–Trinajstić information content (AvgIpc) is 2.34. The highest BCUT2D eigenvalue weighted by Crippen LogP contribution is 2.14. The zero-order valence-electron chi connectivity index (χ0n) is 11.8. The molecule has 1 N–H and O–H groups in total. The van der Waals surface area contributed by atoms with Gasteiger partial charge in [0.25, 0.3) is 0 Å². The molecule has 0 aliphatic heterocycles. The highest BCUT2D eigenvalue weighted by atomic mass is 16.5. The van der Waals surface area contributed by atoms with Gasteiger partial charge in [0.2, 0.25) is 5.88 Å². The maximum Gasteiger partial charge on any atom is 0.218 e. The number of nitrogens with zero attached hydrogens (tertiary/aromatic N) is 2. The van der Waals surface area contributed by atoms with Crippen molar-refractivity contribution in [2.75, 3.05) is 13.2 Å². The van der Waals surface area contributed by atoms with Crippen LogP contribution >= 0.6 is 0 Å². The van der Waals surface area contributed by atoms with Crippen LogP contribution in [-0.2, 0) is 6.61 Å². The molecule has 0 atom stereocenters. The van der Waals surface area contributed by atoms with Crippen LogP contribution in [0.25, 0.3) is 0 Å². The van der Waals surface area contributed by atoms with Crippen molar-refractivity contribution >= 4 is 0 Å². The van der Waals surface area contributed by atoms with E-state index in [1.165, 1.54) is 0 Å². The Kier molecular flexibility index (Phi) is 6.09. The van der Waals surface area contributed by atoms with E-state index in [0.717, 1.165) is 12.1 Å². The molecule has 0 saturated carbocycles. The Balaban J connectivity index is 2.50. The van der Waals surface area contributed by atoms with Crippen LogP contribution in [0.1, 0.15) is 33.3 Å². The van der Waals surface area contributed by atoms with E-state index < -0.39 is 0 Å². The lowest BCUT2D eigenvalue weighted by atomic mass is 10.2. The van der Waals surface area contributed by atoms with E-state index in [1.54, 1.807) is 12.3 Å². The van der Waals surface area contributed by atoms with E-state index in [0.29, 0.717) is 24.6 Å². The van der Waals surface area contributed by atoms with Gasteiger partial charge >= 0.3 is 0 Å². The third-order valence-corrected chi connectivity index (χ3v) is 2.94. The first-order valence-corrected chi connectivity index (χ1v) is 6.49. The van der Waals surface area contributed by atoms with Crippen LogP contribution in [0.3, 0.4) is 0 Å². The largest absolute Gasteiger partial charge is 0.476 e. The second-order valence-corrected chi connectivity index (χ2v) is 4.90. The molecular formula is C14H24N2O2. The molecule has 0 bridgehead atoms. The quantitative estimate of drug-likeness (QED) is 0.807. The van der Waals surface area contributed by atoms with Crippen LogP contribution in [-0.4, -0.2) is 40.2 Å². The molecule has 0 unspecified atom stereocenters.